The molecule has 5 nitrogen and oxygen atoms in total. The first kappa shape index (κ1) is 11.2. The van der Waals surface area contributed by atoms with Crippen molar-refractivity contribution in [2.45, 2.75) is 25.4 Å². The summed E-state index contributed by atoms with van der Waals surface area (Å²) in [6.45, 7) is 0.800. The zero-order chi connectivity index (χ0) is 12.4. The first-order valence-corrected chi connectivity index (χ1v) is 6.14. The maximum atomic E-state index is 5.82. The Morgan fingerprint density at radius 1 is 1.44 bits per heavy atom. The van der Waals surface area contributed by atoms with Gasteiger partial charge < -0.3 is 10.1 Å². The van der Waals surface area contributed by atoms with Crippen molar-refractivity contribution >= 4 is 0 Å². The monoisotopic (exact) mass is 244 g/mol. The second-order valence-electron chi connectivity index (χ2n) is 4.59. The van der Waals surface area contributed by atoms with Gasteiger partial charge in [-0.3, -0.25) is 9.67 Å². The summed E-state index contributed by atoms with van der Waals surface area (Å²) in [7, 11) is 1.87. The molecule has 2 aromatic heterocycles. The highest BCUT2D eigenvalue weighted by Crippen LogP contribution is 2.25. The number of nitrogens with one attached hydrogen (secondary N) is 1. The summed E-state index contributed by atoms with van der Waals surface area (Å²) >= 11 is 0. The van der Waals surface area contributed by atoms with Crippen molar-refractivity contribution < 1.29 is 4.74 Å². The lowest BCUT2D eigenvalue weighted by atomic mass is 10.2. The van der Waals surface area contributed by atoms with E-state index in [1.807, 2.05) is 25.5 Å². The molecule has 0 unspecified atom stereocenters. The molecule has 5 heteroatoms. The molecule has 2 aromatic rings. The highest BCUT2D eigenvalue weighted by Gasteiger charge is 2.20. The van der Waals surface area contributed by atoms with Crippen LogP contribution in [0.3, 0.4) is 0 Å². The molecule has 1 aliphatic carbocycles. The molecule has 94 valence electrons. The molecular weight excluding hydrogens is 228 g/mol. The molecule has 0 saturated heterocycles. The number of aromatic nitrogens is 3. The Labute approximate surface area is 106 Å². The first-order chi connectivity index (χ1) is 8.81. The van der Waals surface area contributed by atoms with Crippen LogP contribution in [0.2, 0.25) is 0 Å². The van der Waals surface area contributed by atoms with Gasteiger partial charge in [0.1, 0.15) is 5.75 Å². The lowest BCUT2D eigenvalue weighted by Crippen LogP contribution is -2.15. The lowest BCUT2D eigenvalue weighted by molar-refractivity contribution is 0.471. The first-order valence-electron chi connectivity index (χ1n) is 6.14. The van der Waals surface area contributed by atoms with E-state index in [2.05, 4.69) is 15.4 Å². The molecule has 18 heavy (non-hydrogen) atoms. The number of aryl methyl sites for hydroxylation is 1. The molecule has 1 saturated carbocycles. The van der Waals surface area contributed by atoms with Crippen LogP contribution >= 0.6 is 0 Å². The molecule has 0 spiro atoms. The largest absolute Gasteiger partial charge is 0.454 e. The van der Waals surface area contributed by atoms with Crippen molar-refractivity contribution in [3.8, 4) is 11.5 Å². The summed E-state index contributed by atoms with van der Waals surface area (Å²) in [5.41, 5.74) is 1.08. The second-order valence-corrected chi connectivity index (χ2v) is 4.59. The molecular formula is C13H16N4O. The topological polar surface area (TPSA) is 52.0 Å². The van der Waals surface area contributed by atoms with Crippen LogP contribution in [0.1, 0.15) is 18.4 Å². The minimum atomic E-state index is 0.677. The van der Waals surface area contributed by atoms with Crippen LogP contribution in [0.15, 0.2) is 30.9 Å². The van der Waals surface area contributed by atoms with Crippen LogP contribution in [0, 0.1) is 0 Å². The number of pyridine rings is 1. The molecule has 3 rings (SSSR count). The average Bonchev–Trinajstić information content (AvgIpc) is 3.12. The van der Waals surface area contributed by atoms with Crippen molar-refractivity contribution in [2.24, 2.45) is 7.05 Å². The number of hydrogen-bond acceptors (Lipinski definition) is 4. The van der Waals surface area contributed by atoms with Gasteiger partial charge in [0.15, 0.2) is 5.75 Å². The predicted octanol–water partition coefficient (Wildman–Crippen LogP) is 1.86. The van der Waals surface area contributed by atoms with Crippen molar-refractivity contribution in [2.75, 3.05) is 0 Å². The zero-order valence-corrected chi connectivity index (χ0v) is 10.3. The van der Waals surface area contributed by atoms with E-state index >= 15 is 0 Å². The van der Waals surface area contributed by atoms with Crippen LogP contribution in [0.5, 0.6) is 11.5 Å². The third-order valence-corrected chi connectivity index (χ3v) is 2.93. The van der Waals surface area contributed by atoms with E-state index in [1.165, 1.54) is 12.8 Å². The van der Waals surface area contributed by atoms with E-state index in [4.69, 9.17) is 4.74 Å². The van der Waals surface area contributed by atoms with Gasteiger partial charge in [0.05, 0.1) is 12.4 Å². The molecule has 0 atom stereocenters. The van der Waals surface area contributed by atoms with Crippen molar-refractivity contribution in [3.63, 3.8) is 0 Å². The smallest absolute Gasteiger partial charge is 0.165 e. The van der Waals surface area contributed by atoms with Crippen molar-refractivity contribution in [1.29, 1.82) is 0 Å². The standard InChI is InChI=1S/C13H16N4O/c1-17-9-12(8-16-17)18-13-4-5-14-6-10(13)7-15-11-2-3-11/h4-6,8-9,11,15H,2-3,7H2,1H3. The van der Waals surface area contributed by atoms with Gasteiger partial charge in [-0.05, 0) is 18.9 Å². The molecule has 0 aromatic carbocycles. The van der Waals surface area contributed by atoms with Crippen LogP contribution in [-0.4, -0.2) is 20.8 Å². The summed E-state index contributed by atoms with van der Waals surface area (Å²) in [4.78, 5) is 4.15. The van der Waals surface area contributed by atoms with Crippen LogP contribution < -0.4 is 10.1 Å². The van der Waals surface area contributed by atoms with Crippen LogP contribution in [0.25, 0.3) is 0 Å². The van der Waals surface area contributed by atoms with Gasteiger partial charge in [0.2, 0.25) is 0 Å². The van der Waals surface area contributed by atoms with Gasteiger partial charge in [-0.15, -0.1) is 0 Å². The van der Waals surface area contributed by atoms with E-state index in [9.17, 15) is 0 Å². The van der Waals surface area contributed by atoms with Gasteiger partial charge in [-0.1, -0.05) is 0 Å². The number of ether oxygens (including phenoxy) is 1. The van der Waals surface area contributed by atoms with Gasteiger partial charge in [0.25, 0.3) is 0 Å². The summed E-state index contributed by atoms with van der Waals surface area (Å²) in [6.07, 6.45) is 9.70. The quantitative estimate of drug-likeness (QED) is 0.872. The summed E-state index contributed by atoms with van der Waals surface area (Å²) in [5, 5.41) is 7.55. The Hall–Kier alpha value is -1.88. The maximum absolute atomic E-state index is 5.82. The molecule has 0 amide bonds. The highest BCUT2D eigenvalue weighted by atomic mass is 16.5. The summed E-state index contributed by atoms with van der Waals surface area (Å²) < 4.78 is 7.54. The highest BCUT2D eigenvalue weighted by molar-refractivity contribution is 5.34. The van der Waals surface area contributed by atoms with Crippen molar-refractivity contribution in [3.05, 3.63) is 36.4 Å². The molecule has 0 bridgehead atoms. The van der Waals surface area contributed by atoms with E-state index < -0.39 is 0 Å². The van der Waals surface area contributed by atoms with E-state index in [-0.39, 0.29) is 0 Å². The van der Waals surface area contributed by atoms with Crippen molar-refractivity contribution in [1.82, 2.24) is 20.1 Å². The third-order valence-electron chi connectivity index (χ3n) is 2.93. The van der Waals surface area contributed by atoms with Gasteiger partial charge in [0, 0.05) is 37.6 Å². The molecule has 1 aliphatic rings. The second kappa shape index (κ2) is 4.78. The Balaban J connectivity index is 1.73. The van der Waals surface area contributed by atoms with Crippen LogP contribution in [-0.2, 0) is 13.6 Å². The Morgan fingerprint density at radius 3 is 3.06 bits per heavy atom. The molecule has 1 fully saturated rings. The van der Waals surface area contributed by atoms with E-state index in [1.54, 1.807) is 17.1 Å². The fourth-order valence-electron chi connectivity index (χ4n) is 1.77. The molecule has 0 radical (unpaired) electrons. The molecule has 0 aliphatic heterocycles. The normalized spacial score (nSPS) is 14.7. The summed E-state index contributed by atoms with van der Waals surface area (Å²) in [5.74, 6) is 1.59. The molecule has 1 N–H and O–H groups in total. The fraction of sp³-hybridized carbons (Fsp3) is 0.385. The Kier molecular flexibility index (Phi) is 2.98. The maximum Gasteiger partial charge on any atom is 0.165 e. The Morgan fingerprint density at radius 2 is 2.33 bits per heavy atom. The number of nitrogens with zero attached hydrogens (tertiary/aromatic N) is 3. The molecule has 2 heterocycles. The van der Waals surface area contributed by atoms with E-state index in [0.717, 1.165) is 23.6 Å². The predicted molar refractivity (Wildman–Crippen MR) is 67.4 cm³/mol. The average molecular weight is 244 g/mol. The SMILES string of the molecule is Cn1cc(Oc2ccncc2CNC2CC2)cn1. The number of hydrogen-bond donors (Lipinski definition) is 1. The Bertz CT molecular complexity index is 533. The van der Waals surface area contributed by atoms with E-state index in [0.29, 0.717) is 6.04 Å². The summed E-state index contributed by atoms with van der Waals surface area (Å²) in [6, 6.07) is 2.56. The lowest BCUT2D eigenvalue weighted by Gasteiger charge is -2.09. The van der Waals surface area contributed by atoms with Gasteiger partial charge in [-0.2, -0.15) is 5.10 Å². The van der Waals surface area contributed by atoms with Crippen LogP contribution in [0.4, 0.5) is 0 Å². The minimum absolute atomic E-state index is 0.677. The van der Waals surface area contributed by atoms with Gasteiger partial charge >= 0.3 is 0 Å². The third kappa shape index (κ3) is 2.68. The van der Waals surface area contributed by atoms with Gasteiger partial charge in [-0.25, -0.2) is 0 Å². The zero-order valence-electron chi connectivity index (χ0n) is 10.3. The minimum Gasteiger partial charge on any atom is -0.454 e. The fourth-order valence-corrected chi connectivity index (χ4v) is 1.77. The number of rotatable bonds is 5.